The molecule has 9 nitrogen and oxygen atoms in total. The molecule has 0 radical (unpaired) electrons. The highest BCUT2D eigenvalue weighted by Crippen LogP contribution is 2.33. The summed E-state index contributed by atoms with van der Waals surface area (Å²) in [5.41, 5.74) is 2.27. The molecule has 0 bridgehead atoms. The molecule has 9 heteroatoms. The van der Waals surface area contributed by atoms with Crippen molar-refractivity contribution in [1.29, 1.82) is 0 Å². The Morgan fingerprint density at radius 3 is 2.21 bits per heavy atom. The summed E-state index contributed by atoms with van der Waals surface area (Å²) in [6.45, 7) is 7.98. The molecule has 1 N–H and O–H groups in total. The van der Waals surface area contributed by atoms with E-state index >= 15 is 0 Å². The fourth-order valence-corrected chi connectivity index (χ4v) is 4.62. The Balaban J connectivity index is 1.50. The second-order valence-electron chi connectivity index (χ2n) is 9.09. The normalized spacial score (nSPS) is 16.1. The number of nitrogens with one attached hydrogen (secondary N) is 1. The summed E-state index contributed by atoms with van der Waals surface area (Å²) in [5.74, 6) is -0.267. The van der Waals surface area contributed by atoms with Gasteiger partial charge in [0, 0.05) is 56.8 Å². The van der Waals surface area contributed by atoms with Crippen LogP contribution in [0, 0.1) is 16.0 Å². The van der Waals surface area contributed by atoms with Crippen molar-refractivity contribution in [2.75, 3.05) is 54.4 Å². The Morgan fingerprint density at radius 2 is 1.56 bits per heavy atom. The Bertz CT molecular complexity index is 1070. The SMILES string of the molecule is CC(C)C(=O)N1CCN(c2ccccc2NC(=O)c2ccc(N3CCCC3)c([N+](=O)[O-])c2)CC1. The second kappa shape index (κ2) is 10.1. The fraction of sp³-hybridized carbons (Fsp3) is 0.440. The molecule has 2 fully saturated rings. The van der Waals surface area contributed by atoms with E-state index < -0.39 is 10.8 Å². The van der Waals surface area contributed by atoms with Crippen LogP contribution in [0.2, 0.25) is 0 Å². The molecule has 0 aromatic heterocycles. The summed E-state index contributed by atoms with van der Waals surface area (Å²) in [6.07, 6.45) is 2.02. The van der Waals surface area contributed by atoms with Gasteiger partial charge in [-0.3, -0.25) is 19.7 Å². The first-order chi connectivity index (χ1) is 16.3. The van der Waals surface area contributed by atoms with Crippen LogP contribution in [0.1, 0.15) is 37.0 Å². The van der Waals surface area contributed by atoms with E-state index in [4.69, 9.17) is 0 Å². The van der Waals surface area contributed by atoms with Gasteiger partial charge in [0.05, 0.1) is 16.3 Å². The van der Waals surface area contributed by atoms with E-state index in [0.29, 0.717) is 37.6 Å². The molecule has 0 spiro atoms. The maximum atomic E-state index is 13.1. The third-order valence-corrected chi connectivity index (χ3v) is 6.46. The summed E-state index contributed by atoms with van der Waals surface area (Å²) in [7, 11) is 0. The molecule has 0 unspecified atom stereocenters. The van der Waals surface area contributed by atoms with Crippen LogP contribution < -0.4 is 15.1 Å². The average Bonchev–Trinajstić information content (AvgIpc) is 3.38. The average molecular weight is 466 g/mol. The van der Waals surface area contributed by atoms with Crippen molar-refractivity contribution in [3.63, 3.8) is 0 Å². The monoisotopic (exact) mass is 465 g/mol. The number of rotatable bonds is 6. The lowest BCUT2D eigenvalue weighted by atomic mass is 10.1. The van der Waals surface area contributed by atoms with Gasteiger partial charge >= 0.3 is 0 Å². The Kier molecular flexibility index (Phi) is 7.00. The maximum Gasteiger partial charge on any atom is 0.293 e. The Hall–Kier alpha value is -3.62. The van der Waals surface area contributed by atoms with Crippen LogP contribution in [0.5, 0.6) is 0 Å². The number of nitro benzene ring substituents is 1. The van der Waals surface area contributed by atoms with E-state index in [1.54, 1.807) is 12.1 Å². The molecule has 4 rings (SSSR count). The topological polar surface area (TPSA) is 99.0 Å². The van der Waals surface area contributed by atoms with E-state index in [2.05, 4.69) is 10.2 Å². The molecule has 2 aromatic carbocycles. The summed E-state index contributed by atoms with van der Waals surface area (Å²) in [6, 6.07) is 12.2. The van der Waals surface area contributed by atoms with Crippen molar-refractivity contribution in [3.8, 4) is 0 Å². The number of para-hydroxylation sites is 2. The van der Waals surface area contributed by atoms with Gasteiger partial charge in [-0.05, 0) is 37.1 Å². The summed E-state index contributed by atoms with van der Waals surface area (Å²) >= 11 is 0. The van der Waals surface area contributed by atoms with Gasteiger partial charge in [-0.25, -0.2) is 0 Å². The first-order valence-corrected chi connectivity index (χ1v) is 11.8. The van der Waals surface area contributed by atoms with Crippen molar-refractivity contribution in [1.82, 2.24) is 4.90 Å². The van der Waals surface area contributed by atoms with Gasteiger partial charge in [0.1, 0.15) is 5.69 Å². The third-order valence-electron chi connectivity index (χ3n) is 6.46. The van der Waals surface area contributed by atoms with Gasteiger partial charge in [0.25, 0.3) is 11.6 Å². The zero-order valence-corrected chi connectivity index (χ0v) is 19.7. The van der Waals surface area contributed by atoms with E-state index in [-0.39, 0.29) is 23.1 Å². The molecule has 2 amide bonds. The summed E-state index contributed by atoms with van der Waals surface area (Å²) < 4.78 is 0. The number of carbonyl (C=O) groups is 2. The zero-order chi connectivity index (χ0) is 24.2. The van der Waals surface area contributed by atoms with Gasteiger partial charge < -0.3 is 20.0 Å². The highest BCUT2D eigenvalue weighted by atomic mass is 16.6. The van der Waals surface area contributed by atoms with Crippen molar-refractivity contribution in [3.05, 3.63) is 58.1 Å². The molecule has 0 atom stereocenters. The highest BCUT2D eigenvalue weighted by Gasteiger charge is 2.26. The second-order valence-corrected chi connectivity index (χ2v) is 9.09. The molecular formula is C25H31N5O4. The fourth-order valence-electron chi connectivity index (χ4n) is 4.62. The molecule has 2 aromatic rings. The minimum Gasteiger partial charge on any atom is -0.366 e. The summed E-state index contributed by atoms with van der Waals surface area (Å²) in [5, 5.41) is 14.6. The van der Waals surface area contributed by atoms with Crippen molar-refractivity contribution in [2.45, 2.75) is 26.7 Å². The number of anilines is 3. The first kappa shape index (κ1) is 23.5. The van der Waals surface area contributed by atoms with Crippen LogP contribution >= 0.6 is 0 Å². The number of benzene rings is 2. The molecule has 180 valence electrons. The number of hydrogen-bond donors (Lipinski definition) is 1. The Labute approximate surface area is 199 Å². The van der Waals surface area contributed by atoms with Crippen molar-refractivity contribution >= 4 is 34.6 Å². The van der Waals surface area contributed by atoms with Gasteiger partial charge in [-0.15, -0.1) is 0 Å². The predicted molar refractivity (Wildman–Crippen MR) is 133 cm³/mol. The third kappa shape index (κ3) is 4.98. The molecule has 2 aliphatic rings. The number of hydrogen-bond acceptors (Lipinski definition) is 6. The molecule has 2 heterocycles. The van der Waals surface area contributed by atoms with E-state index in [0.717, 1.165) is 31.6 Å². The first-order valence-electron chi connectivity index (χ1n) is 11.8. The number of nitrogens with zero attached hydrogens (tertiary/aromatic N) is 4. The van der Waals surface area contributed by atoms with Gasteiger partial charge in [-0.1, -0.05) is 26.0 Å². The highest BCUT2D eigenvalue weighted by molar-refractivity contribution is 6.06. The minimum absolute atomic E-state index is 0.0287. The van der Waals surface area contributed by atoms with Crippen LogP contribution in [0.4, 0.5) is 22.7 Å². The number of nitro groups is 1. The van der Waals surface area contributed by atoms with E-state index in [9.17, 15) is 19.7 Å². The Morgan fingerprint density at radius 1 is 0.912 bits per heavy atom. The van der Waals surface area contributed by atoms with Crippen LogP contribution in [-0.4, -0.2) is 60.9 Å². The van der Waals surface area contributed by atoms with Gasteiger partial charge in [-0.2, -0.15) is 0 Å². The van der Waals surface area contributed by atoms with E-state index in [1.165, 1.54) is 6.07 Å². The summed E-state index contributed by atoms with van der Waals surface area (Å²) in [4.78, 5) is 42.7. The van der Waals surface area contributed by atoms with Gasteiger partial charge in [0.2, 0.25) is 5.91 Å². The van der Waals surface area contributed by atoms with Crippen LogP contribution in [-0.2, 0) is 4.79 Å². The number of amides is 2. The largest absolute Gasteiger partial charge is 0.366 e. The zero-order valence-electron chi connectivity index (χ0n) is 19.7. The van der Waals surface area contributed by atoms with Crippen LogP contribution in [0.3, 0.4) is 0 Å². The van der Waals surface area contributed by atoms with Crippen molar-refractivity contribution in [2.24, 2.45) is 5.92 Å². The van der Waals surface area contributed by atoms with Crippen molar-refractivity contribution < 1.29 is 14.5 Å². The molecular weight excluding hydrogens is 434 g/mol. The van der Waals surface area contributed by atoms with Crippen LogP contribution in [0.25, 0.3) is 0 Å². The molecule has 0 aliphatic carbocycles. The molecule has 2 aliphatic heterocycles. The van der Waals surface area contributed by atoms with E-state index in [1.807, 2.05) is 47.9 Å². The molecule has 34 heavy (non-hydrogen) atoms. The lowest BCUT2D eigenvalue weighted by Crippen LogP contribution is -2.50. The molecule has 0 saturated carbocycles. The lowest BCUT2D eigenvalue weighted by molar-refractivity contribution is -0.384. The molecule has 2 saturated heterocycles. The number of piperazine rings is 1. The smallest absolute Gasteiger partial charge is 0.293 e. The van der Waals surface area contributed by atoms with Gasteiger partial charge in [0.15, 0.2) is 0 Å². The number of carbonyl (C=O) groups excluding carboxylic acids is 2. The predicted octanol–water partition coefficient (Wildman–Crippen LogP) is 3.75. The maximum absolute atomic E-state index is 13.1. The minimum atomic E-state index is -0.420. The quantitative estimate of drug-likeness (QED) is 0.515. The van der Waals surface area contributed by atoms with Crippen LogP contribution in [0.15, 0.2) is 42.5 Å². The standard InChI is InChI=1S/C25H31N5O4/c1-18(2)25(32)29-15-13-28(14-16-29)21-8-4-3-7-20(21)26-24(31)19-9-10-22(23(17-19)30(33)34)27-11-5-6-12-27/h3-4,7-10,17-18H,5-6,11-16H2,1-2H3,(H,26,31). The lowest BCUT2D eigenvalue weighted by Gasteiger charge is -2.37.